The molecule has 3 nitrogen and oxygen atoms in total. The van der Waals surface area contributed by atoms with Crippen molar-refractivity contribution in [1.82, 2.24) is 14.9 Å². The van der Waals surface area contributed by atoms with Crippen molar-refractivity contribution in [3.8, 4) is 0 Å². The second kappa shape index (κ2) is 5.21. The number of piperidine rings is 1. The number of nitrogens with one attached hydrogen (secondary N) is 1. The zero-order valence-electron chi connectivity index (χ0n) is 11.5. The Kier molecular flexibility index (Phi) is 3.87. The number of aromatic amines is 1. The van der Waals surface area contributed by atoms with Crippen LogP contribution in [0.1, 0.15) is 63.9 Å². The molecule has 0 aromatic carbocycles. The summed E-state index contributed by atoms with van der Waals surface area (Å²) in [7, 11) is 0. The van der Waals surface area contributed by atoms with Gasteiger partial charge in [-0.2, -0.15) is 0 Å². The van der Waals surface area contributed by atoms with E-state index in [2.05, 4.69) is 42.6 Å². The van der Waals surface area contributed by atoms with Crippen molar-refractivity contribution in [1.29, 1.82) is 0 Å². The first-order valence-corrected chi connectivity index (χ1v) is 6.86. The lowest BCUT2D eigenvalue weighted by Crippen LogP contribution is -2.37. The zero-order valence-corrected chi connectivity index (χ0v) is 11.5. The van der Waals surface area contributed by atoms with Crippen LogP contribution in [0.15, 0.2) is 6.20 Å². The third-order valence-corrected chi connectivity index (χ3v) is 3.86. The van der Waals surface area contributed by atoms with E-state index >= 15 is 0 Å². The number of aromatic nitrogens is 2. The van der Waals surface area contributed by atoms with Crippen molar-refractivity contribution in [3.63, 3.8) is 0 Å². The van der Waals surface area contributed by atoms with Crippen LogP contribution in [0.4, 0.5) is 0 Å². The zero-order chi connectivity index (χ0) is 12.4. The Labute approximate surface area is 105 Å². The van der Waals surface area contributed by atoms with Crippen LogP contribution in [0, 0.1) is 0 Å². The van der Waals surface area contributed by atoms with Crippen molar-refractivity contribution < 1.29 is 0 Å². The van der Waals surface area contributed by atoms with Gasteiger partial charge in [0.15, 0.2) is 0 Å². The van der Waals surface area contributed by atoms with Gasteiger partial charge in [0.2, 0.25) is 0 Å². The third-order valence-electron chi connectivity index (χ3n) is 3.86. The van der Waals surface area contributed by atoms with Gasteiger partial charge in [-0.25, -0.2) is 4.98 Å². The molecule has 0 radical (unpaired) electrons. The van der Waals surface area contributed by atoms with Crippen molar-refractivity contribution in [3.05, 3.63) is 17.7 Å². The predicted molar refractivity (Wildman–Crippen MR) is 71.4 cm³/mol. The number of rotatable bonds is 3. The molecule has 17 heavy (non-hydrogen) atoms. The molecule has 1 saturated heterocycles. The molecule has 2 heterocycles. The average molecular weight is 235 g/mol. The van der Waals surface area contributed by atoms with Crippen LogP contribution in [0.5, 0.6) is 0 Å². The van der Waals surface area contributed by atoms with Crippen LogP contribution < -0.4 is 0 Å². The summed E-state index contributed by atoms with van der Waals surface area (Å²) in [4.78, 5) is 10.5. The van der Waals surface area contributed by atoms with Gasteiger partial charge in [-0.3, -0.25) is 0 Å². The highest BCUT2D eigenvalue weighted by Crippen LogP contribution is 2.28. The fourth-order valence-corrected chi connectivity index (χ4v) is 2.58. The lowest BCUT2D eigenvalue weighted by Gasteiger charge is -2.34. The van der Waals surface area contributed by atoms with E-state index in [1.165, 1.54) is 31.6 Å². The van der Waals surface area contributed by atoms with Gasteiger partial charge in [0, 0.05) is 29.8 Å². The van der Waals surface area contributed by atoms with E-state index in [9.17, 15) is 0 Å². The Hall–Kier alpha value is -0.830. The highest BCUT2D eigenvalue weighted by atomic mass is 15.1. The summed E-state index contributed by atoms with van der Waals surface area (Å²) in [5, 5.41) is 0. The first-order chi connectivity index (χ1) is 8.08. The van der Waals surface area contributed by atoms with E-state index < -0.39 is 0 Å². The standard InChI is InChI=1S/C14H25N3/c1-10(2)14-15-9-13(16-14)12-5-7-17(8-6-12)11(3)4/h9-12H,5-8H2,1-4H3,(H,15,16). The van der Waals surface area contributed by atoms with E-state index in [4.69, 9.17) is 0 Å². The Morgan fingerprint density at radius 1 is 1.24 bits per heavy atom. The van der Waals surface area contributed by atoms with Gasteiger partial charge < -0.3 is 9.88 Å². The number of imidazole rings is 1. The van der Waals surface area contributed by atoms with Crippen LogP contribution in [-0.2, 0) is 0 Å². The number of H-pyrrole nitrogens is 1. The minimum Gasteiger partial charge on any atom is -0.345 e. The second-order valence-corrected chi connectivity index (χ2v) is 5.78. The topological polar surface area (TPSA) is 31.9 Å². The molecule has 1 aliphatic rings. The summed E-state index contributed by atoms with van der Waals surface area (Å²) in [5.41, 5.74) is 1.34. The number of hydrogen-bond acceptors (Lipinski definition) is 2. The number of likely N-dealkylation sites (tertiary alicyclic amines) is 1. The molecule has 0 amide bonds. The Morgan fingerprint density at radius 2 is 1.88 bits per heavy atom. The van der Waals surface area contributed by atoms with Gasteiger partial charge in [0.1, 0.15) is 5.82 Å². The van der Waals surface area contributed by atoms with Gasteiger partial charge in [-0.15, -0.1) is 0 Å². The SMILES string of the molecule is CC(C)c1ncc(C2CCN(C(C)C)CC2)[nH]1. The maximum Gasteiger partial charge on any atom is 0.108 e. The molecule has 1 aromatic rings. The minimum absolute atomic E-state index is 0.500. The molecular weight excluding hydrogens is 210 g/mol. The molecule has 1 fully saturated rings. The van der Waals surface area contributed by atoms with Crippen molar-refractivity contribution in [2.75, 3.05) is 13.1 Å². The smallest absolute Gasteiger partial charge is 0.108 e. The van der Waals surface area contributed by atoms with E-state index in [1.54, 1.807) is 0 Å². The fourth-order valence-electron chi connectivity index (χ4n) is 2.58. The molecule has 1 N–H and O–H groups in total. The van der Waals surface area contributed by atoms with Gasteiger partial charge in [0.05, 0.1) is 0 Å². The van der Waals surface area contributed by atoms with E-state index in [-0.39, 0.29) is 0 Å². The highest BCUT2D eigenvalue weighted by molar-refractivity contribution is 5.10. The molecule has 1 aromatic heterocycles. The first-order valence-electron chi connectivity index (χ1n) is 6.86. The first kappa shape index (κ1) is 12.6. The molecule has 0 unspecified atom stereocenters. The van der Waals surface area contributed by atoms with Crippen molar-refractivity contribution in [2.45, 2.75) is 58.4 Å². The summed E-state index contributed by atoms with van der Waals surface area (Å²) < 4.78 is 0. The van der Waals surface area contributed by atoms with Crippen LogP contribution >= 0.6 is 0 Å². The monoisotopic (exact) mass is 235 g/mol. The molecule has 96 valence electrons. The molecule has 2 rings (SSSR count). The van der Waals surface area contributed by atoms with E-state index in [0.29, 0.717) is 17.9 Å². The van der Waals surface area contributed by atoms with Gasteiger partial charge >= 0.3 is 0 Å². The van der Waals surface area contributed by atoms with Gasteiger partial charge in [-0.1, -0.05) is 13.8 Å². The third kappa shape index (κ3) is 2.89. The molecule has 3 heteroatoms. The quantitative estimate of drug-likeness (QED) is 0.873. The summed E-state index contributed by atoms with van der Waals surface area (Å²) in [6, 6.07) is 0.684. The Bertz CT molecular complexity index is 346. The van der Waals surface area contributed by atoms with Crippen molar-refractivity contribution in [2.24, 2.45) is 0 Å². The number of nitrogens with zero attached hydrogens (tertiary/aromatic N) is 2. The normalized spacial score (nSPS) is 19.4. The molecule has 0 saturated carbocycles. The minimum atomic E-state index is 0.500. The van der Waals surface area contributed by atoms with Crippen LogP contribution in [-0.4, -0.2) is 34.0 Å². The lowest BCUT2D eigenvalue weighted by molar-refractivity contribution is 0.171. The van der Waals surface area contributed by atoms with Crippen molar-refractivity contribution >= 4 is 0 Å². The maximum absolute atomic E-state index is 4.48. The molecule has 0 aliphatic carbocycles. The summed E-state index contributed by atoms with van der Waals surface area (Å²) in [5.74, 6) is 2.32. The van der Waals surface area contributed by atoms with Crippen LogP contribution in [0.2, 0.25) is 0 Å². The Balaban J connectivity index is 1.96. The molecular formula is C14H25N3. The molecule has 0 bridgehead atoms. The average Bonchev–Trinajstić information content (AvgIpc) is 2.78. The largest absolute Gasteiger partial charge is 0.345 e. The Morgan fingerprint density at radius 3 is 2.35 bits per heavy atom. The molecule has 1 aliphatic heterocycles. The maximum atomic E-state index is 4.48. The van der Waals surface area contributed by atoms with Crippen LogP contribution in [0.3, 0.4) is 0 Å². The van der Waals surface area contributed by atoms with Crippen LogP contribution in [0.25, 0.3) is 0 Å². The van der Waals surface area contributed by atoms with E-state index in [0.717, 1.165) is 5.82 Å². The fraction of sp³-hybridized carbons (Fsp3) is 0.786. The van der Waals surface area contributed by atoms with Gasteiger partial charge in [-0.05, 0) is 39.8 Å². The molecule has 0 spiro atoms. The van der Waals surface area contributed by atoms with Gasteiger partial charge in [0.25, 0.3) is 0 Å². The highest BCUT2D eigenvalue weighted by Gasteiger charge is 2.23. The summed E-state index contributed by atoms with van der Waals surface area (Å²) >= 11 is 0. The summed E-state index contributed by atoms with van der Waals surface area (Å²) in [6.07, 6.45) is 4.57. The molecule has 0 atom stereocenters. The van der Waals surface area contributed by atoms with E-state index in [1.807, 2.05) is 6.20 Å². The summed E-state index contributed by atoms with van der Waals surface area (Å²) in [6.45, 7) is 11.4. The second-order valence-electron chi connectivity index (χ2n) is 5.78. The lowest BCUT2D eigenvalue weighted by atomic mass is 9.93. The predicted octanol–water partition coefficient (Wildman–Crippen LogP) is 3.12. The number of hydrogen-bond donors (Lipinski definition) is 1.